The summed E-state index contributed by atoms with van der Waals surface area (Å²) in [6.07, 6.45) is 2.26. The van der Waals surface area contributed by atoms with Gasteiger partial charge in [0.1, 0.15) is 5.82 Å². The molecule has 0 amide bonds. The molecular formula is C18H15ClN2. The van der Waals surface area contributed by atoms with Crippen LogP contribution in [0.2, 0.25) is 5.02 Å². The predicted octanol–water partition coefficient (Wildman–Crippen LogP) is 4.99. The standard InChI is InChI=1S/C18H15ClN2/c19-14-7-9-16-13(11-14)6-10-18(20-16)21-17-8-5-12-3-1-2-4-15(12)17/h1-4,6-7,9-11,17H,5,8H2,(H,20,21)/t17-/m1/s1. The number of nitrogens with one attached hydrogen (secondary N) is 1. The van der Waals surface area contributed by atoms with E-state index in [9.17, 15) is 0 Å². The Balaban J connectivity index is 1.65. The van der Waals surface area contributed by atoms with E-state index in [2.05, 4.69) is 40.6 Å². The quantitative estimate of drug-likeness (QED) is 0.720. The first-order valence-electron chi connectivity index (χ1n) is 7.20. The summed E-state index contributed by atoms with van der Waals surface area (Å²) in [6, 6.07) is 18.9. The van der Waals surface area contributed by atoms with Crippen molar-refractivity contribution in [2.45, 2.75) is 18.9 Å². The van der Waals surface area contributed by atoms with E-state index in [1.165, 1.54) is 11.1 Å². The van der Waals surface area contributed by atoms with Crippen LogP contribution in [-0.2, 0) is 6.42 Å². The van der Waals surface area contributed by atoms with Crippen LogP contribution in [0.1, 0.15) is 23.6 Å². The molecule has 3 aromatic rings. The lowest BCUT2D eigenvalue weighted by atomic mass is 10.1. The maximum Gasteiger partial charge on any atom is 0.127 e. The van der Waals surface area contributed by atoms with Crippen LogP contribution < -0.4 is 5.32 Å². The number of anilines is 1. The molecule has 1 heterocycles. The number of aromatic nitrogens is 1. The molecule has 0 saturated carbocycles. The van der Waals surface area contributed by atoms with Crippen molar-refractivity contribution in [2.75, 3.05) is 5.32 Å². The van der Waals surface area contributed by atoms with Crippen molar-refractivity contribution in [1.29, 1.82) is 0 Å². The second-order valence-electron chi connectivity index (χ2n) is 5.47. The number of halogens is 1. The molecule has 0 fully saturated rings. The van der Waals surface area contributed by atoms with Crippen molar-refractivity contribution in [2.24, 2.45) is 0 Å². The predicted molar refractivity (Wildman–Crippen MR) is 87.9 cm³/mol. The Bertz CT molecular complexity index is 813. The molecule has 1 aliphatic rings. The molecule has 3 heteroatoms. The minimum atomic E-state index is 0.360. The summed E-state index contributed by atoms with van der Waals surface area (Å²) in [4.78, 5) is 4.68. The van der Waals surface area contributed by atoms with Crippen LogP contribution >= 0.6 is 11.6 Å². The number of aryl methyl sites for hydroxylation is 1. The summed E-state index contributed by atoms with van der Waals surface area (Å²) < 4.78 is 0. The Hall–Kier alpha value is -2.06. The molecule has 0 radical (unpaired) electrons. The molecule has 21 heavy (non-hydrogen) atoms. The molecule has 1 aromatic heterocycles. The largest absolute Gasteiger partial charge is 0.363 e. The van der Waals surface area contributed by atoms with Crippen molar-refractivity contribution in [3.05, 3.63) is 70.7 Å². The number of nitrogens with zero attached hydrogens (tertiary/aromatic N) is 1. The number of hydrogen-bond acceptors (Lipinski definition) is 2. The van der Waals surface area contributed by atoms with Crippen molar-refractivity contribution in [1.82, 2.24) is 4.98 Å². The van der Waals surface area contributed by atoms with Gasteiger partial charge >= 0.3 is 0 Å². The maximum atomic E-state index is 6.01. The van der Waals surface area contributed by atoms with Gasteiger partial charge in [-0.05, 0) is 54.3 Å². The summed E-state index contributed by atoms with van der Waals surface area (Å²) in [7, 11) is 0. The zero-order chi connectivity index (χ0) is 14.2. The van der Waals surface area contributed by atoms with E-state index >= 15 is 0 Å². The highest BCUT2D eigenvalue weighted by Gasteiger charge is 2.21. The summed E-state index contributed by atoms with van der Waals surface area (Å²) in [5.74, 6) is 0.923. The fraction of sp³-hybridized carbons (Fsp3) is 0.167. The van der Waals surface area contributed by atoms with Gasteiger partial charge in [0.2, 0.25) is 0 Å². The third-order valence-electron chi connectivity index (χ3n) is 4.11. The van der Waals surface area contributed by atoms with E-state index < -0.39 is 0 Å². The van der Waals surface area contributed by atoms with Gasteiger partial charge in [0.05, 0.1) is 11.6 Å². The summed E-state index contributed by atoms with van der Waals surface area (Å²) in [5.41, 5.74) is 3.81. The zero-order valence-corrected chi connectivity index (χ0v) is 12.3. The molecule has 0 bridgehead atoms. The average molecular weight is 295 g/mol. The van der Waals surface area contributed by atoms with Crippen LogP contribution in [0.15, 0.2) is 54.6 Å². The monoisotopic (exact) mass is 294 g/mol. The molecule has 0 unspecified atom stereocenters. The Morgan fingerprint density at radius 2 is 1.95 bits per heavy atom. The topological polar surface area (TPSA) is 24.9 Å². The fourth-order valence-corrected chi connectivity index (χ4v) is 3.24. The lowest BCUT2D eigenvalue weighted by molar-refractivity contribution is 0.758. The number of benzene rings is 2. The molecule has 0 spiro atoms. The van der Waals surface area contributed by atoms with Crippen molar-refractivity contribution < 1.29 is 0 Å². The number of rotatable bonds is 2. The van der Waals surface area contributed by atoms with Gasteiger partial charge in [0, 0.05) is 10.4 Å². The summed E-state index contributed by atoms with van der Waals surface area (Å²) in [5, 5.41) is 5.37. The molecule has 0 saturated heterocycles. The van der Waals surface area contributed by atoms with Gasteiger partial charge in [-0.3, -0.25) is 0 Å². The van der Waals surface area contributed by atoms with Gasteiger partial charge in [-0.1, -0.05) is 35.9 Å². The van der Waals surface area contributed by atoms with Crippen LogP contribution in [-0.4, -0.2) is 4.98 Å². The Kier molecular flexibility index (Phi) is 3.04. The van der Waals surface area contributed by atoms with Gasteiger partial charge in [-0.2, -0.15) is 0 Å². The van der Waals surface area contributed by atoms with Crippen molar-refractivity contribution in [3.8, 4) is 0 Å². The fourth-order valence-electron chi connectivity index (χ4n) is 3.06. The Labute approximate surface area is 128 Å². The average Bonchev–Trinajstić information content (AvgIpc) is 2.91. The zero-order valence-electron chi connectivity index (χ0n) is 11.5. The Morgan fingerprint density at radius 1 is 1.05 bits per heavy atom. The van der Waals surface area contributed by atoms with Crippen molar-refractivity contribution in [3.63, 3.8) is 0 Å². The molecule has 1 aliphatic carbocycles. The Morgan fingerprint density at radius 3 is 2.90 bits per heavy atom. The second kappa shape index (κ2) is 5.05. The number of hydrogen-bond donors (Lipinski definition) is 1. The van der Waals surface area contributed by atoms with Crippen LogP contribution in [0, 0.1) is 0 Å². The van der Waals surface area contributed by atoms with E-state index in [0.29, 0.717) is 6.04 Å². The smallest absolute Gasteiger partial charge is 0.127 e. The summed E-state index contributed by atoms with van der Waals surface area (Å²) in [6.45, 7) is 0. The highest BCUT2D eigenvalue weighted by atomic mass is 35.5. The summed E-state index contributed by atoms with van der Waals surface area (Å²) >= 11 is 6.01. The number of fused-ring (bicyclic) bond motifs is 2. The normalized spacial score (nSPS) is 16.9. The highest BCUT2D eigenvalue weighted by Crippen LogP contribution is 2.33. The van der Waals surface area contributed by atoms with Crippen LogP contribution in [0.4, 0.5) is 5.82 Å². The molecule has 0 aliphatic heterocycles. The molecule has 2 nitrogen and oxygen atoms in total. The first kappa shape index (κ1) is 12.7. The first-order chi connectivity index (χ1) is 10.3. The van der Waals surface area contributed by atoms with Gasteiger partial charge in [0.25, 0.3) is 0 Å². The minimum absolute atomic E-state index is 0.360. The van der Waals surface area contributed by atoms with E-state index in [0.717, 1.165) is 34.6 Å². The lowest BCUT2D eigenvalue weighted by Gasteiger charge is -2.15. The molecule has 104 valence electrons. The van der Waals surface area contributed by atoms with Crippen LogP contribution in [0.25, 0.3) is 10.9 Å². The van der Waals surface area contributed by atoms with Crippen LogP contribution in [0.5, 0.6) is 0 Å². The minimum Gasteiger partial charge on any atom is -0.363 e. The first-order valence-corrected chi connectivity index (χ1v) is 7.58. The van der Waals surface area contributed by atoms with Crippen LogP contribution in [0.3, 0.4) is 0 Å². The second-order valence-corrected chi connectivity index (χ2v) is 5.90. The van der Waals surface area contributed by atoms with E-state index in [-0.39, 0.29) is 0 Å². The SMILES string of the molecule is Clc1ccc2nc(N[C@@H]3CCc4ccccc43)ccc2c1. The third kappa shape index (κ3) is 2.36. The van der Waals surface area contributed by atoms with Gasteiger partial charge in [-0.15, -0.1) is 0 Å². The van der Waals surface area contributed by atoms with E-state index in [4.69, 9.17) is 11.6 Å². The third-order valence-corrected chi connectivity index (χ3v) is 4.34. The van der Waals surface area contributed by atoms with E-state index in [1.807, 2.05) is 24.3 Å². The highest BCUT2D eigenvalue weighted by molar-refractivity contribution is 6.31. The molecule has 2 aromatic carbocycles. The van der Waals surface area contributed by atoms with E-state index in [1.54, 1.807) is 0 Å². The number of pyridine rings is 1. The lowest BCUT2D eigenvalue weighted by Crippen LogP contribution is -2.08. The van der Waals surface area contributed by atoms with Gasteiger partial charge in [0.15, 0.2) is 0 Å². The van der Waals surface area contributed by atoms with Gasteiger partial charge < -0.3 is 5.32 Å². The molecule has 4 rings (SSSR count). The van der Waals surface area contributed by atoms with Crippen molar-refractivity contribution >= 4 is 28.3 Å². The molecule has 1 N–H and O–H groups in total. The van der Waals surface area contributed by atoms with Gasteiger partial charge in [-0.25, -0.2) is 4.98 Å². The molecular weight excluding hydrogens is 280 g/mol. The molecule has 1 atom stereocenters. The maximum absolute atomic E-state index is 6.01.